The molecule has 2 aromatic carbocycles. The molecule has 3 aliphatic rings. The first-order chi connectivity index (χ1) is 16.1. The molecule has 0 aromatic heterocycles. The van der Waals surface area contributed by atoms with Crippen molar-refractivity contribution in [1.82, 2.24) is 0 Å². The molecule has 2 aliphatic heterocycles. The van der Waals surface area contributed by atoms with Crippen LogP contribution in [0.1, 0.15) is 30.4 Å². The SMILES string of the molecule is N#CC1=C(N)N(c2cccc(C(F)(F)F)c2)C2=C(C(=O)CCC2)[C@]12C(=O)Nc1ccc(F)cc12. The highest BCUT2D eigenvalue weighted by Crippen LogP contribution is 2.55. The van der Waals surface area contributed by atoms with Crippen LogP contribution in [-0.4, -0.2) is 11.7 Å². The molecule has 0 bridgehead atoms. The normalized spacial score (nSPS) is 22.0. The number of nitrogens with two attached hydrogens (primary N) is 1. The van der Waals surface area contributed by atoms with E-state index >= 15 is 0 Å². The first-order valence-electron chi connectivity index (χ1n) is 10.4. The molecule has 2 heterocycles. The molecule has 0 radical (unpaired) electrons. The van der Waals surface area contributed by atoms with Crippen LogP contribution in [0.2, 0.25) is 0 Å². The van der Waals surface area contributed by atoms with Crippen molar-refractivity contribution >= 4 is 23.1 Å². The van der Waals surface area contributed by atoms with Crippen molar-refractivity contribution in [2.75, 3.05) is 10.2 Å². The number of amides is 1. The average molecular weight is 468 g/mol. The Balaban J connectivity index is 1.85. The highest BCUT2D eigenvalue weighted by molar-refractivity contribution is 6.19. The highest BCUT2D eigenvalue weighted by atomic mass is 19.4. The predicted octanol–water partition coefficient (Wildman–Crippen LogP) is 4.26. The Morgan fingerprint density at radius 3 is 2.59 bits per heavy atom. The van der Waals surface area contributed by atoms with E-state index in [0.717, 1.165) is 24.3 Å². The van der Waals surface area contributed by atoms with Crippen LogP contribution in [0.4, 0.5) is 28.9 Å². The smallest absolute Gasteiger partial charge is 0.384 e. The Morgan fingerprint density at radius 2 is 1.88 bits per heavy atom. The van der Waals surface area contributed by atoms with Crippen molar-refractivity contribution in [2.45, 2.75) is 30.9 Å². The number of anilines is 2. The van der Waals surface area contributed by atoms with Gasteiger partial charge in [-0.2, -0.15) is 18.4 Å². The molecule has 10 heteroatoms. The molecule has 5 rings (SSSR count). The van der Waals surface area contributed by atoms with Crippen LogP contribution in [0.3, 0.4) is 0 Å². The third-order valence-electron chi connectivity index (χ3n) is 6.42. The number of alkyl halides is 3. The zero-order valence-corrected chi connectivity index (χ0v) is 17.5. The lowest BCUT2D eigenvalue weighted by atomic mass is 9.64. The number of nitrogens with one attached hydrogen (secondary N) is 1. The minimum absolute atomic E-state index is 0.00463. The third kappa shape index (κ3) is 2.79. The largest absolute Gasteiger partial charge is 0.416 e. The van der Waals surface area contributed by atoms with Gasteiger partial charge in [-0.3, -0.25) is 14.5 Å². The van der Waals surface area contributed by atoms with E-state index in [4.69, 9.17) is 5.73 Å². The second kappa shape index (κ2) is 7.18. The van der Waals surface area contributed by atoms with E-state index in [-0.39, 0.29) is 52.4 Å². The Labute approximate surface area is 190 Å². The van der Waals surface area contributed by atoms with Crippen molar-refractivity contribution in [1.29, 1.82) is 5.26 Å². The van der Waals surface area contributed by atoms with Crippen molar-refractivity contribution < 1.29 is 27.2 Å². The summed E-state index contributed by atoms with van der Waals surface area (Å²) in [4.78, 5) is 28.0. The number of ketones is 1. The van der Waals surface area contributed by atoms with Crippen LogP contribution in [0.15, 0.2) is 65.1 Å². The summed E-state index contributed by atoms with van der Waals surface area (Å²) >= 11 is 0. The topological polar surface area (TPSA) is 99.2 Å². The first kappa shape index (κ1) is 21.7. The molecule has 2 aromatic rings. The van der Waals surface area contributed by atoms with Gasteiger partial charge in [-0.1, -0.05) is 6.07 Å². The van der Waals surface area contributed by atoms with Crippen molar-refractivity contribution in [3.05, 3.63) is 82.1 Å². The summed E-state index contributed by atoms with van der Waals surface area (Å²) in [6.45, 7) is 0. The van der Waals surface area contributed by atoms with Crippen LogP contribution in [0.5, 0.6) is 0 Å². The van der Waals surface area contributed by atoms with Crippen molar-refractivity contribution in [2.24, 2.45) is 5.73 Å². The van der Waals surface area contributed by atoms with Crippen molar-refractivity contribution in [3.63, 3.8) is 0 Å². The number of nitriles is 1. The second-order valence-corrected chi connectivity index (χ2v) is 8.25. The second-order valence-electron chi connectivity index (χ2n) is 8.25. The van der Waals surface area contributed by atoms with Crippen LogP contribution < -0.4 is 16.0 Å². The standard InChI is InChI=1S/C24H16F4N4O2/c25-13-7-8-17-15(10-13)23(22(34)31-17)16(11-29)21(30)32(18-5-2-6-19(33)20(18)23)14-4-1-3-12(9-14)24(26,27)28/h1,3-4,7-10H,2,5-6,30H2,(H,31,34)/t23-/m1/s1. The number of rotatable bonds is 1. The number of hydrogen-bond acceptors (Lipinski definition) is 5. The maximum Gasteiger partial charge on any atom is 0.416 e. The van der Waals surface area contributed by atoms with Gasteiger partial charge in [0, 0.05) is 34.6 Å². The van der Waals surface area contributed by atoms with E-state index < -0.39 is 34.7 Å². The fourth-order valence-electron chi connectivity index (χ4n) is 5.08. The van der Waals surface area contributed by atoms with Gasteiger partial charge in [-0.25, -0.2) is 4.39 Å². The number of Topliss-reactive ketones (excluding diaryl/α,β-unsaturated/α-hetero) is 1. The number of allylic oxidation sites excluding steroid dienone is 1. The maximum absolute atomic E-state index is 14.3. The zero-order valence-electron chi connectivity index (χ0n) is 17.5. The minimum Gasteiger partial charge on any atom is -0.384 e. The van der Waals surface area contributed by atoms with E-state index in [0.29, 0.717) is 6.42 Å². The van der Waals surface area contributed by atoms with Gasteiger partial charge < -0.3 is 11.1 Å². The molecule has 6 nitrogen and oxygen atoms in total. The van der Waals surface area contributed by atoms with E-state index in [1.807, 2.05) is 6.07 Å². The summed E-state index contributed by atoms with van der Waals surface area (Å²) < 4.78 is 54.5. The Kier molecular flexibility index (Phi) is 4.59. The summed E-state index contributed by atoms with van der Waals surface area (Å²) in [6.07, 6.45) is -3.98. The van der Waals surface area contributed by atoms with E-state index in [9.17, 15) is 32.4 Å². The molecule has 1 atom stereocenters. The number of hydrogen-bond donors (Lipinski definition) is 2. The number of halogens is 4. The molecule has 1 amide bonds. The van der Waals surface area contributed by atoms with E-state index in [2.05, 4.69) is 5.32 Å². The highest BCUT2D eigenvalue weighted by Gasteiger charge is 2.60. The van der Waals surface area contributed by atoms with Crippen molar-refractivity contribution in [3.8, 4) is 6.07 Å². The molecule has 0 unspecified atom stereocenters. The van der Waals surface area contributed by atoms with Gasteiger partial charge in [0.05, 0.1) is 11.1 Å². The summed E-state index contributed by atoms with van der Waals surface area (Å²) in [5.74, 6) is -2.16. The van der Waals surface area contributed by atoms with Gasteiger partial charge in [0.25, 0.3) is 0 Å². The molecule has 0 saturated carbocycles. The Hall–Kier alpha value is -4.13. The number of carbonyl (C=O) groups excluding carboxylic acids is 2. The summed E-state index contributed by atoms with van der Waals surface area (Å²) in [6, 6.07) is 9.76. The van der Waals surface area contributed by atoms with Crippen LogP contribution in [0, 0.1) is 17.1 Å². The van der Waals surface area contributed by atoms with Gasteiger partial charge >= 0.3 is 6.18 Å². The monoisotopic (exact) mass is 468 g/mol. The van der Waals surface area contributed by atoms with Crippen LogP contribution >= 0.6 is 0 Å². The quantitative estimate of drug-likeness (QED) is 0.610. The predicted molar refractivity (Wildman–Crippen MR) is 113 cm³/mol. The molecule has 3 N–H and O–H groups in total. The van der Waals surface area contributed by atoms with Gasteiger partial charge in [-0.15, -0.1) is 0 Å². The van der Waals surface area contributed by atoms with Gasteiger partial charge in [-0.05, 0) is 49.2 Å². The third-order valence-corrected chi connectivity index (χ3v) is 6.42. The molecule has 34 heavy (non-hydrogen) atoms. The first-order valence-corrected chi connectivity index (χ1v) is 10.4. The Morgan fingerprint density at radius 1 is 1.12 bits per heavy atom. The van der Waals surface area contributed by atoms with Crippen LogP contribution in [0.25, 0.3) is 0 Å². The van der Waals surface area contributed by atoms with E-state index in [1.165, 1.54) is 23.1 Å². The van der Waals surface area contributed by atoms with Crippen LogP contribution in [-0.2, 0) is 21.2 Å². The molecule has 0 fully saturated rings. The lowest BCUT2D eigenvalue weighted by Crippen LogP contribution is -2.50. The Bertz CT molecular complexity index is 1390. The zero-order chi connectivity index (χ0) is 24.4. The van der Waals surface area contributed by atoms with Gasteiger partial charge in [0.15, 0.2) is 5.78 Å². The van der Waals surface area contributed by atoms with Gasteiger partial charge in [0.1, 0.15) is 23.1 Å². The fourth-order valence-corrected chi connectivity index (χ4v) is 5.08. The molecule has 1 aliphatic carbocycles. The fraction of sp³-hybridized carbons (Fsp3) is 0.208. The minimum atomic E-state index is -4.63. The summed E-state index contributed by atoms with van der Waals surface area (Å²) in [5, 5.41) is 12.7. The molecule has 1 spiro atoms. The maximum atomic E-state index is 14.3. The number of benzene rings is 2. The molecular formula is C24H16F4N4O2. The lowest BCUT2D eigenvalue weighted by molar-refractivity contribution is -0.137. The lowest BCUT2D eigenvalue weighted by Gasteiger charge is -2.43. The molecule has 172 valence electrons. The van der Waals surface area contributed by atoms with Gasteiger partial charge in [0.2, 0.25) is 5.91 Å². The van der Waals surface area contributed by atoms with E-state index in [1.54, 1.807) is 0 Å². The number of carbonyl (C=O) groups is 2. The summed E-state index contributed by atoms with van der Waals surface area (Å²) in [5.41, 5.74) is 3.55. The summed E-state index contributed by atoms with van der Waals surface area (Å²) in [7, 11) is 0. The average Bonchev–Trinajstić information content (AvgIpc) is 3.05. The molecular weight excluding hydrogens is 452 g/mol. The number of nitrogens with zero attached hydrogens (tertiary/aromatic N) is 2. The molecule has 0 saturated heterocycles. The number of fused-ring (bicyclic) bond motifs is 3.